The summed E-state index contributed by atoms with van der Waals surface area (Å²) in [6.07, 6.45) is 2.64. The highest BCUT2D eigenvalue weighted by molar-refractivity contribution is 5.97. The van der Waals surface area contributed by atoms with Gasteiger partial charge in [-0.15, -0.1) is 0 Å². The van der Waals surface area contributed by atoms with Gasteiger partial charge in [0.2, 0.25) is 0 Å². The van der Waals surface area contributed by atoms with E-state index in [-0.39, 0.29) is 5.56 Å². The summed E-state index contributed by atoms with van der Waals surface area (Å²) in [7, 11) is 0. The molecule has 21 heavy (non-hydrogen) atoms. The number of amides is 1. The fourth-order valence-corrected chi connectivity index (χ4v) is 1.91. The van der Waals surface area contributed by atoms with Crippen LogP contribution in [0.4, 0.5) is 0 Å². The quantitative estimate of drug-likeness (QED) is 0.783. The summed E-state index contributed by atoms with van der Waals surface area (Å²) < 4.78 is 0. The van der Waals surface area contributed by atoms with Crippen molar-refractivity contribution in [2.75, 3.05) is 0 Å². The lowest BCUT2D eigenvalue weighted by Crippen LogP contribution is -2.50. The summed E-state index contributed by atoms with van der Waals surface area (Å²) in [5.74, 6) is -1.96. The molecule has 0 spiro atoms. The van der Waals surface area contributed by atoms with Crippen LogP contribution in [0.2, 0.25) is 0 Å². The molecule has 1 atom stereocenters. The molecular weight excluding hydrogens is 272 g/mol. The summed E-state index contributed by atoms with van der Waals surface area (Å²) >= 11 is 0. The highest BCUT2D eigenvalue weighted by Gasteiger charge is 2.37. The van der Waals surface area contributed by atoms with E-state index in [1.54, 1.807) is 30.3 Å². The van der Waals surface area contributed by atoms with Crippen LogP contribution in [0.15, 0.2) is 53.6 Å². The van der Waals surface area contributed by atoms with Crippen molar-refractivity contribution < 1.29 is 14.7 Å². The summed E-state index contributed by atoms with van der Waals surface area (Å²) in [6.45, 7) is 1.37. The highest BCUT2D eigenvalue weighted by Crippen LogP contribution is 2.21. The van der Waals surface area contributed by atoms with Crippen molar-refractivity contribution in [3.8, 4) is 0 Å². The zero-order chi connectivity index (χ0) is 15.5. The smallest absolute Gasteiger partial charge is 0.333 e. The number of carbonyl (C=O) groups is 2. The van der Waals surface area contributed by atoms with Crippen LogP contribution < -0.4 is 10.7 Å². The molecule has 6 heteroatoms. The molecule has 6 nitrogen and oxygen atoms in total. The van der Waals surface area contributed by atoms with E-state index in [2.05, 4.69) is 10.3 Å². The van der Waals surface area contributed by atoms with Crippen LogP contribution in [0.25, 0.3) is 0 Å². The van der Waals surface area contributed by atoms with E-state index in [4.69, 9.17) is 0 Å². The first-order valence-electron chi connectivity index (χ1n) is 6.23. The molecule has 1 aromatic carbocycles. The largest absolute Gasteiger partial charge is 0.479 e. The number of carbonyl (C=O) groups excluding carboxylic acids is 1. The van der Waals surface area contributed by atoms with Crippen molar-refractivity contribution in [3.63, 3.8) is 0 Å². The molecule has 0 aliphatic rings. The highest BCUT2D eigenvalue weighted by atomic mass is 16.4. The molecule has 0 fully saturated rings. The van der Waals surface area contributed by atoms with Crippen LogP contribution in [0.3, 0.4) is 0 Å². The second kappa shape index (κ2) is 5.62. The van der Waals surface area contributed by atoms with Gasteiger partial charge in [-0.2, -0.15) is 0 Å². The molecule has 1 aromatic heterocycles. The van der Waals surface area contributed by atoms with Gasteiger partial charge in [-0.25, -0.2) is 4.79 Å². The fourth-order valence-electron chi connectivity index (χ4n) is 1.91. The Kier molecular flexibility index (Phi) is 3.89. The number of hydrogen-bond donors (Lipinski definition) is 3. The van der Waals surface area contributed by atoms with Gasteiger partial charge in [0.1, 0.15) is 5.56 Å². The standard InChI is InChI=1S/C15H14N2O4/c1-15(14(20)21,10-5-3-2-4-6-10)17-13(19)11-9-16-8-7-12(11)18/h2-9H,1H3,(H,16,18)(H,17,19)(H,20,21). The van der Waals surface area contributed by atoms with E-state index in [0.29, 0.717) is 5.56 Å². The number of aromatic amines is 1. The predicted molar refractivity (Wildman–Crippen MR) is 76.0 cm³/mol. The van der Waals surface area contributed by atoms with Gasteiger partial charge in [-0.1, -0.05) is 30.3 Å². The van der Waals surface area contributed by atoms with Crippen LogP contribution >= 0.6 is 0 Å². The fraction of sp³-hybridized carbons (Fsp3) is 0.133. The third kappa shape index (κ3) is 2.84. The molecule has 1 heterocycles. The van der Waals surface area contributed by atoms with Gasteiger partial charge < -0.3 is 15.4 Å². The summed E-state index contributed by atoms with van der Waals surface area (Å²) in [5, 5.41) is 11.9. The third-order valence-electron chi connectivity index (χ3n) is 3.21. The Morgan fingerprint density at radius 3 is 2.43 bits per heavy atom. The number of carboxylic acid groups (broad SMARTS) is 1. The lowest BCUT2D eigenvalue weighted by molar-refractivity contribution is -0.144. The maximum atomic E-state index is 12.2. The number of rotatable bonds is 4. The Labute approximate surface area is 120 Å². The first-order chi connectivity index (χ1) is 9.95. The SMILES string of the molecule is CC(NC(=O)c1c[nH]ccc1=O)(C(=O)O)c1ccccc1. The number of benzene rings is 1. The van der Waals surface area contributed by atoms with Crippen molar-refractivity contribution in [2.24, 2.45) is 0 Å². The van der Waals surface area contributed by atoms with Crippen molar-refractivity contribution in [2.45, 2.75) is 12.5 Å². The number of aromatic nitrogens is 1. The number of aliphatic carboxylic acids is 1. The van der Waals surface area contributed by atoms with Gasteiger partial charge in [0, 0.05) is 18.5 Å². The maximum absolute atomic E-state index is 12.2. The predicted octanol–water partition coefficient (Wildman–Crippen LogP) is 1.10. The molecule has 0 aliphatic heterocycles. The van der Waals surface area contributed by atoms with Crippen LogP contribution in [-0.4, -0.2) is 22.0 Å². The van der Waals surface area contributed by atoms with Crippen LogP contribution in [0.5, 0.6) is 0 Å². The number of nitrogens with one attached hydrogen (secondary N) is 2. The summed E-state index contributed by atoms with van der Waals surface area (Å²) in [4.78, 5) is 38.0. The number of pyridine rings is 1. The first kappa shape index (κ1) is 14.5. The molecule has 0 saturated heterocycles. The Bertz CT molecular complexity index is 724. The molecule has 1 unspecified atom stereocenters. The minimum Gasteiger partial charge on any atom is -0.479 e. The van der Waals surface area contributed by atoms with E-state index in [1.165, 1.54) is 25.4 Å². The zero-order valence-corrected chi connectivity index (χ0v) is 11.3. The normalized spacial score (nSPS) is 13.2. The molecule has 1 amide bonds. The van der Waals surface area contributed by atoms with Crippen molar-refractivity contribution in [3.05, 3.63) is 70.1 Å². The minimum atomic E-state index is -1.62. The Hall–Kier alpha value is -2.89. The molecule has 0 bridgehead atoms. The Balaban J connectivity index is 2.38. The number of H-pyrrole nitrogens is 1. The van der Waals surface area contributed by atoms with Gasteiger partial charge in [-0.05, 0) is 12.5 Å². The van der Waals surface area contributed by atoms with E-state index in [9.17, 15) is 19.5 Å². The van der Waals surface area contributed by atoms with Crippen molar-refractivity contribution in [1.29, 1.82) is 0 Å². The molecule has 108 valence electrons. The number of hydrogen-bond acceptors (Lipinski definition) is 3. The first-order valence-corrected chi connectivity index (χ1v) is 6.23. The van der Waals surface area contributed by atoms with Gasteiger partial charge in [-0.3, -0.25) is 9.59 Å². The van der Waals surface area contributed by atoms with Gasteiger partial charge in [0.15, 0.2) is 11.0 Å². The lowest BCUT2D eigenvalue weighted by Gasteiger charge is -2.26. The summed E-state index contributed by atoms with van der Waals surface area (Å²) in [5.41, 5.74) is -1.83. The molecule has 2 rings (SSSR count). The molecule has 2 aromatic rings. The van der Waals surface area contributed by atoms with Crippen molar-refractivity contribution in [1.82, 2.24) is 10.3 Å². The van der Waals surface area contributed by atoms with E-state index in [1.807, 2.05) is 0 Å². The average molecular weight is 286 g/mol. The molecule has 3 N–H and O–H groups in total. The van der Waals surface area contributed by atoms with Gasteiger partial charge in [0.25, 0.3) is 5.91 Å². The van der Waals surface area contributed by atoms with E-state index in [0.717, 1.165) is 0 Å². The summed E-state index contributed by atoms with van der Waals surface area (Å²) in [6, 6.07) is 9.51. The van der Waals surface area contributed by atoms with Gasteiger partial charge in [0.05, 0.1) is 0 Å². The van der Waals surface area contributed by atoms with Crippen LogP contribution in [-0.2, 0) is 10.3 Å². The van der Waals surface area contributed by atoms with Crippen molar-refractivity contribution >= 4 is 11.9 Å². The number of carboxylic acids is 1. The van der Waals surface area contributed by atoms with E-state index >= 15 is 0 Å². The maximum Gasteiger partial charge on any atom is 0.333 e. The molecule has 0 saturated carbocycles. The minimum absolute atomic E-state index is 0.138. The van der Waals surface area contributed by atoms with Crippen LogP contribution in [0.1, 0.15) is 22.8 Å². The average Bonchev–Trinajstić information content (AvgIpc) is 2.48. The second-order valence-corrected chi connectivity index (χ2v) is 4.67. The van der Waals surface area contributed by atoms with Crippen LogP contribution in [0, 0.1) is 0 Å². The molecule has 0 radical (unpaired) electrons. The monoisotopic (exact) mass is 286 g/mol. The lowest BCUT2D eigenvalue weighted by atomic mass is 9.91. The van der Waals surface area contributed by atoms with E-state index < -0.39 is 22.8 Å². The van der Waals surface area contributed by atoms with Gasteiger partial charge >= 0.3 is 5.97 Å². The third-order valence-corrected chi connectivity index (χ3v) is 3.21. The Morgan fingerprint density at radius 1 is 1.19 bits per heavy atom. The Morgan fingerprint density at radius 2 is 1.86 bits per heavy atom. The molecule has 0 aliphatic carbocycles. The molecular formula is C15H14N2O4. The zero-order valence-electron chi connectivity index (χ0n) is 11.3. The second-order valence-electron chi connectivity index (χ2n) is 4.67. The topological polar surface area (TPSA) is 99.3 Å².